The smallest absolute Gasteiger partial charge is 0.133 e. The molecule has 1 aromatic heterocycles. The zero-order valence-corrected chi connectivity index (χ0v) is 14.4. The average molecular weight is 335 g/mol. The molecular weight excluding hydrogens is 313 g/mol. The Morgan fingerprint density at radius 2 is 1.96 bits per heavy atom. The van der Waals surface area contributed by atoms with Gasteiger partial charge in [-0.05, 0) is 55.5 Å². The van der Waals surface area contributed by atoms with Crippen LogP contribution >= 0.6 is 0 Å². The molecule has 128 valence electrons. The molecule has 0 fully saturated rings. The van der Waals surface area contributed by atoms with Crippen LogP contribution in [0.1, 0.15) is 30.9 Å². The number of hydrogen-bond acceptors (Lipinski definition) is 2. The van der Waals surface area contributed by atoms with Crippen molar-refractivity contribution in [2.75, 3.05) is 11.9 Å². The minimum absolute atomic E-state index is 0.227. The molecule has 3 aromatic rings. The maximum absolute atomic E-state index is 13.7. The van der Waals surface area contributed by atoms with Gasteiger partial charge in [0.1, 0.15) is 11.6 Å². The van der Waals surface area contributed by atoms with Gasteiger partial charge in [-0.3, -0.25) is 0 Å². The molecule has 25 heavy (non-hydrogen) atoms. The summed E-state index contributed by atoms with van der Waals surface area (Å²) in [6.07, 6.45) is 4.22. The third-order valence-corrected chi connectivity index (χ3v) is 4.82. The maximum atomic E-state index is 13.7. The summed E-state index contributed by atoms with van der Waals surface area (Å²) in [5.74, 6) is 0.815. The van der Waals surface area contributed by atoms with E-state index in [0.29, 0.717) is 0 Å². The molecule has 3 nitrogen and oxygen atoms in total. The van der Waals surface area contributed by atoms with Crippen molar-refractivity contribution in [3.05, 3.63) is 65.5 Å². The lowest BCUT2D eigenvalue weighted by molar-refractivity contribution is 0.628. The first-order chi connectivity index (χ1) is 12.3. The van der Waals surface area contributed by atoms with E-state index in [1.54, 1.807) is 12.1 Å². The predicted molar refractivity (Wildman–Crippen MR) is 99.8 cm³/mol. The summed E-state index contributed by atoms with van der Waals surface area (Å²) < 4.78 is 15.7. The summed E-state index contributed by atoms with van der Waals surface area (Å²) in [6, 6.07) is 15.2. The number of nitrogens with one attached hydrogen (secondary N) is 1. The number of anilines is 1. The van der Waals surface area contributed by atoms with Crippen molar-refractivity contribution in [2.24, 2.45) is 0 Å². The molecular formula is C21H22FN3. The number of halogens is 1. The Morgan fingerprint density at radius 3 is 2.72 bits per heavy atom. The van der Waals surface area contributed by atoms with E-state index in [0.717, 1.165) is 55.0 Å². The molecule has 1 aliphatic rings. The molecule has 0 aliphatic carbocycles. The van der Waals surface area contributed by atoms with Crippen LogP contribution in [0.25, 0.3) is 16.9 Å². The molecule has 0 radical (unpaired) electrons. The van der Waals surface area contributed by atoms with Crippen molar-refractivity contribution in [1.82, 2.24) is 9.78 Å². The van der Waals surface area contributed by atoms with Crippen molar-refractivity contribution in [3.63, 3.8) is 0 Å². The summed E-state index contributed by atoms with van der Waals surface area (Å²) in [5.41, 5.74) is 5.24. The lowest BCUT2D eigenvalue weighted by Gasteiger charge is -2.09. The van der Waals surface area contributed by atoms with Gasteiger partial charge in [0.05, 0.1) is 11.4 Å². The number of aromatic nitrogens is 2. The van der Waals surface area contributed by atoms with E-state index >= 15 is 0 Å². The third kappa shape index (κ3) is 3.04. The van der Waals surface area contributed by atoms with Crippen LogP contribution < -0.4 is 5.32 Å². The Kier molecular flexibility index (Phi) is 4.26. The Balaban J connectivity index is 1.86. The number of fused-ring (bicyclic) bond motifs is 1. The fourth-order valence-electron chi connectivity index (χ4n) is 3.43. The number of rotatable bonds is 3. The largest absolute Gasteiger partial charge is 0.370 e. The Bertz CT molecular complexity index is 881. The normalized spacial score (nSPS) is 13.8. The summed E-state index contributed by atoms with van der Waals surface area (Å²) in [4.78, 5) is 0. The molecule has 0 amide bonds. The predicted octanol–water partition coefficient (Wildman–Crippen LogP) is 4.99. The van der Waals surface area contributed by atoms with E-state index in [1.165, 1.54) is 17.2 Å². The monoisotopic (exact) mass is 335 g/mol. The Morgan fingerprint density at radius 1 is 1.12 bits per heavy atom. The molecule has 0 saturated heterocycles. The lowest BCUT2D eigenvalue weighted by atomic mass is 10.0. The number of hydrogen-bond donors (Lipinski definition) is 1. The van der Waals surface area contributed by atoms with Crippen molar-refractivity contribution in [3.8, 4) is 16.9 Å². The van der Waals surface area contributed by atoms with Crippen molar-refractivity contribution >= 4 is 5.82 Å². The fourth-order valence-corrected chi connectivity index (χ4v) is 3.43. The van der Waals surface area contributed by atoms with Crippen molar-refractivity contribution in [1.29, 1.82) is 0 Å². The van der Waals surface area contributed by atoms with Gasteiger partial charge in [-0.25, -0.2) is 9.07 Å². The van der Waals surface area contributed by atoms with Crippen LogP contribution in [0, 0.1) is 5.82 Å². The van der Waals surface area contributed by atoms with Gasteiger partial charge < -0.3 is 5.32 Å². The van der Waals surface area contributed by atoms with E-state index in [-0.39, 0.29) is 5.82 Å². The second-order valence-electron chi connectivity index (χ2n) is 6.50. The zero-order valence-electron chi connectivity index (χ0n) is 14.4. The number of benzene rings is 2. The highest BCUT2D eigenvalue weighted by molar-refractivity contribution is 5.71. The van der Waals surface area contributed by atoms with Gasteiger partial charge >= 0.3 is 0 Å². The molecule has 4 heteroatoms. The highest BCUT2D eigenvalue weighted by Crippen LogP contribution is 2.34. The molecule has 2 aromatic carbocycles. The second kappa shape index (κ2) is 6.71. The molecule has 0 saturated carbocycles. The fraction of sp³-hybridized carbons (Fsp3) is 0.286. The molecule has 0 bridgehead atoms. The van der Waals surface area contributed by atoms with Gasteiger partial charge in [0.2, 0.25) is 0 Å². The Labute approximate surface area is 147 Å². The molecule has 0 atom stereocenters. The van der Waals surface area contributed by atoms with E-state index in [9.17, 15) is 4.39 Å². The van der Waals surface area contributed by atoms with Crippen LogP contribution in [0.3, 0.4) is 0 Å². The highest BCUT2D eigenvalue weighted by atomic mass is 19.1. The first-order valence-corrected chi connectivity index (χ1v) is 8.97. The van der Waals surface area contributed by atoms with Crippen LogP contribution in [0.4, 0.5) is 10.2 Å². The minimum atomic E-state index is -0.227. The average Bonchev–Trinajstić information content (AvgIpc) is 2.83. The van der Waals surface area contributed by atoms with Crippen molar-refractivity contribution < 1.29 is 4.39 Å². The molecule has 4 rings (SSSR count). The van der Waals surface area contributed by atoms with Crippen LogP contribution in [0.15, 0.2) is 48.5 Å². The quantitative estimate of drug-likeness (QED) is 0.731. The summed E-state index contributed by atoms with van der Waals surface area (Å²) in [7, 11) is 0. The topological polar surface area (TPSA) is 29.9 Å². The molecule has 0 spiro atoms. The lowest BCUT2D eigenvalue weighted by Crippen LogP contribution is -2.07. The van der Waals surface area contributed by atoms with Gasteiger partial charge in [-0.1, -0.05) is 31.2 Å². The summed E-state index contributed by atoms with van der Waals surface area (Å²) >= 11 is 0. The van der Waals surface area contributed by atoms with Gasteiger partial charge in [-0.2, -0.15) is 5.10 Å². The molecule has 0 unspecified atom stereocenters. The molecule has 1 aliphatic heterocycles. The van der Waals surface area contributed by atoms with Crippen LogP contribution in [0.2, 0.25) is 0 Å². The highest BCUT2D eigenvalue weighted by Gasteiger charge is 2.21. The first-order valence-electron chi connectivity index (χ1n) is 8.97. The van der Waals surface area contributed by atoms with Crippen molar-refractivity contribution in [2.45, 2.75) is 32.6 Å². The second-order valence-corrected chi connectivity index (χ2v) is 6.50. The van der Waals surface area contributed by atoms with Gasteiger partial charge in [0.25, 0.3) is 0 Å². The molecule has 2 heterocycles. The SMILES string of the molecule is CCc1ccc(-n2nc(-c3cccc(F)c3)c3c2NCCCC3)cc1. The first kappa shape index (κ1) is 15.9. The van der Waals surface area contributed by atoms with E-state index in [4.69, 9.17) is 5.10 Å². The van der Waals surface area contributed by atoms with Crippen LogP contribution in [-0.2, 0) is 12.8 Å². The van der Waals surface area contributed by atoms with Crippen LogP contribution in [-0.4, -0.2) is 16.3 Å². The molecule has 1 N–H and O–H groups in total. The maximum Gasteiger partial charge on any atom is 0.133 e. The standard InChI is InChI=1S/C21H22FN3/c1-2-15-9-11-18(12-10-15)25-21-19(8-3-4-13-23-21)20(24-25)16-6-5-7-17(22)14-16/h5-7,9-12,14,23H,2-4,8,13H2,1H3. The summed E-state index contributed by atoms with van der Waals surface area (Å²) in [6.45, 7) is 3.09. The van der Waals surface area contributed by atoms with E-state index in [2.05, 4.69) is 36.5 Å². The van der Waals surface area contributed by atoms with Gasteiger partial charge in [0, 0.05) is 17.7 Å². The minimum Gasteiger partial charge on any atom is -0.370 e. The van der Waals surface area contributed by atoms with Gasteiger partial charge in [-0.15, -0.1) is 0 Å². The third-order valence-electron chi connectivity index (χ3n) is 4.82. The number of aryl methyl sites for hydroxylation is 1. The Hall–Kier alpha value is -2.62. The van der Waals surface area contributed by atoms with E-state index in [1.807, 2.05) is 10.7 Å². The van der Waals surface area contributed by atoms with Crippen LogP contribution in [0.5, 0.6) is 0 Å². The van der Waals surface area contributed by atoms with Gasteiger partial charge in [0.15, 0.2) is 0 Å². The number of nitrogens with zero attached hydrogens (tertiary/aromatic N) is 2. The zero-order chi connectivity index (χ0) is 17.2. The summed E-state index contributed by atoms with van der Waals surface area (Å²) in [5, 5.41) is 8.39. The van der Waals surface area contributed by atoms with E-state index < -0.39 is 0 Å².